The van der Waals surface area contributed by atoms with Crippen LogP contribution in [-0.4, -0.2) is 38.1 Å². The van der Waals surface area contributed by atoms with Crippen molar-refractivity contribution < 1.29 is 4.39 Å². The van der Waals surface area contributed by atoms with Gasteiger partial charge >= 0.3 is 0 Å². The summed E-state index contributed by atoms with van der Waals surface area (Å²) in [6.07, 6.45) is 0. The van der Waals surface area contributed by atoms with Crippen LogP contribution in [0.1, 0.15) is 5.56 Å². The number of benzene rings is 1. The van der Waals surface area contributed by atoms with Crippen LogP contribution in [0.3, 0.4) is 0 Å². The monoisotopic (exact) mass is 223 g/mol. The number of para-hydroxylation sites is 1. The van der Waals surface area contributed by atoms with E-state index in [-0.39, 0.29) is 5.82 Å². The zero-order chi connectivity index (χ0) is 11.5. The molecule has 2 N–H and O–H groups in total. The molecular weight excluding hydrogens is 205 g/mol. The summed E-state index contributed by atoms with van der Waals surface area (Å²) in [5.74, 6) is -0.160. The summed E-state index contributed by atoms with van der Waals surface area (Å²) < 4.78 is 13.8. The Kier molecular flexibility index (Phi) is 3.41. The highest BCUT2D eigenvalue weighted by Crippen LogP contribution is 2.25. The second-order valence-corrected chi connectivity index (χ2v) is 4.24. The molecule has 0 bridgehead atoms. The van der Waals surface area contributed by atoms with Crippen LogP contribution in [0.5, 0.6) is 0 Å². The normalized spacial score (nSPS) is 17.8. The van der Waals surface area contributed by atoms with E-state index in [1.54, 1.807) is 6.07 Å². The Morgan fingerprint density at radius 1 is 1.25 bits per heavy atom. The Bertz CT molecular complexity index is 359. The molecule has 0 amide bonds. The fourth-order valence-corrected chi connectivity index (χ4v) is 2.11. The van der Waals surface area contributed by atoms with E-state index in [0.29, 0.717) is 12.2 Å². The minimum absolute atomic E-state index is 0.160. The summed E-state index contributed by atoms with van der Waals surface area (Å²) in [5.41, 5.74) is 7.24. The van der Waals surface area contributed by atoms with Gasteiger partial charge in [0.2, 0.25) is 0 Å². The molecule has 0 saturated carbocycles. The van der Waals surface area contributed by atoms with Gasteiger partial charge in [0.05, 0.1) is 5.69 Å². The molecule has 2 rings (SSSR count). The first-order chi connectivity index (χ1) is 7.72. The number of rotatable bonds is 2. The smallest absolute Gasteiger partial charge is 0.146 e. The van der Waals surface area contributed by atoms with E-state index in [4.69, 9.17) is 5.73 Å². The molecule has 1 aliphatic rings. The average molecular weight is 223 g/mol. The van der Waals surface area contributed by atoms with Crippen LogP contribution in [0.4, 0.5) is 10.1 Å². The molecule has 0 unspecified atom stereocenters. The highest BCUT2D eigenvalue weighted by Gasteiger charge is 2.19. The zero-order valence-corrected chi connectivity index (χ0v) is 9.62. The molecule has 3 nitrogen and oxygen atoms in total. The Hall–Kier alpha value is -1.13. The van der Waals surface area contributed by atoms with Crippen LogP contribution in [0.2, 0.25) is 0 Å². The van der Waals surface area contributed by atoms with Gasteiger partial charge in [0.25, 0.3) is 0 Å². The topological polar surface area (TPSA) is 32.5 Å². The number of anilines is 1. The van der Waals surface area contributed by atoms with Crippen molar-refractivity contribution in [2.45, 2.75) is 6.54 Å². The van der Waals surface area contributed by atoms with Crippen molar-refractivity contribution in [2.24, 2.45) is 5.73 Å². The molecule has 4 heteroatoms. The van der Waals surface area contributed by atoms with Gasteiger partial charge in [-0.1, -0.05) is 12.1 Å². The van der Waals surface area contributed by atoms with Crippen molar-refractivity contribution >= 4 is 5.69 Å². The molecule has 1 aliphatic heterocycles. The largest absolute Gasteiger partial charge is 0.366 e. The molecule has 0 atom stereocenters. The quantitative estimate of drug-likeness (QED) is 0.813. The molecular formula is C12H18FN3. The summed E-state index contributed by atoms with van der Waals surface area (Å²) in [4.78, 5) is 4.34. The molecule has 1 aromatic rings. The molecule has 1 fully saturated rings. The van der Waals surface area contributed by atoms with Gasteiger partial charge in [-0.05, 0) is 18.7 Å². The maximum atomic E-state index is 13.8. The summed E-state index contributed by atoms with van der Waals surface area (Å²) in [5, 5.41) is 0. The molecule has 1 aromatic carbocycles. The fraction of sp³-hybridized carbons (Fsp3) is 0.500. The Morgan fingerprint density at radius 2 is 1.94 bits per heavy atom. The minimum Gasteiger partial charge on any atom is -0.366 e. The lowest BCUT2D eigenvalue weighted by atomic mass is 10.1. The standard InChI is InChI=1S/C12H18FN3/c1-15-5-7-16(8-6-15)12-10(9-14)3-2-4-11(12)13/h2-4H,5-9,14H2,1H3. The van der Waals surface area contributed by atoms with Gasteiger partial charge in [0.1, 0.15) is 5.82 Å². The van der Waals surface area contributed by atoms with Gasteiger partial charge < -0.3 is 15.5 Å². The maximum Gasteiger partial charge on any atom is 0.146 e. The van der Waals surface area contributed by atoms with E-state index in [1.807, 2.05) is 6.07 Å². The summed E-state index contributed by atoms with van der Waals surface area (Å²) in [7, 11) is 2.09. The molecule has 0 spiro atoms. The van der Waals surface area contributed by atoms with Crippen LogP contribution < -0.4 is 10.6 Å². The zero-order valence-electron chi connectivity index (χ0n) is 9.62. The average Bonchev–Trinajstić information content (AvgIpc) is 2.30. The highest BCUT2D eigenvalue weighted by molar-refractivity contribution is 5.55. The van der Waals surface area contributed by atoms with E-state index >= 15 is 0 Å². The van der Waals surface area contributed by atoms with Crippen LogP contribution in [0.15, 0.2) is 18.2 Å². The lowest BCUT2D eigenvalue weighted by Crippen LogP contribution is -2.45. The molecule has 0 radical (unpaired) electrons. The van der Waals surface area contributed by atoms with Crippen molar-refractivity contribution in [3.8, 4) is 0 Å². The lowest BCUT2D eigenvalue weighted by Gasteiger charge is -2.35. The van der Waals surface area contributed by atoms with E-state index in [0.717, 1.165) is 31.7 Å². The van der Waals surface area contributed by atoms with E-state index in [1.165, 1.54) is 6.07 Å². The first-order valence-electron chi connectivity index (χ1n) is 5.63. The van der Waals surface area contributed by atoms with Gasteiger partial charge in [-0.25, -0.2) is 4.39 Å². The second-order valence-electron chi connectivity index (χ2n) is 4.24. The number of piperazine rings is 1. The number of halogens is 1. The number of hydrogen-bond acceptors (Lipinski definition) is 3. The van der Waals surface area contributed by atoms with E-state index in [9.17, 15) is 4.39 Å². The predicted octanol–water partition coefficient (Wildman–Crippen LogP) is 1.04. The Morgan fingerprint density at radius 3 is 2.56 bits per heavy atom. The molecule has 0 aliphatic carbocycles. The second kappa shape index (κ2) is 4.80. The van der Waals surface area contributed by atoms with Crippen molar-refractivity contribution in [3.63, 3.8) is 0 Å². The molecule has 1 saturated heterocycles. The van der Waals surface area contributed by atoms with Crippen LogP contribution in [-0.2, 0) is 6.54 Å². The SMILES string of the molecule is CN1CCN(c2c(F)cccc2CN)CC1. The van der Waals surface area contributed by atoms with E-state index in [2.05, 4.69) is 16.8 Å². The van der Waals surface area contributed by atoms with E-state index < -0.39 is 0 Å². The van der Waals surface area contributed by atoms with Crippen molar-refractivity contribution in [3.05, 3.63) is 29.6 Å². The van der Waals surface area contributed by atoms with Crippen LogP contribution in [0, 0.1) is 5.82 Å². The van der Waals surface area contributed by atoms with Crippen LogP contribution >= 0.6 is 0 Å². The fourth-order valence-electron chi connectivity index (χ4n) is 2.11. The Labute approximate surface area is 95.6 Å². The molecule has 1 heterocycles. The molecule has 88 valence electrons. The summed E-state index contributed by atoms with van der Waals surface area (Å²) in [6.45, 7) is 4.06. The lowest BCUT2D eigenvalue weighted by molar-refractivity contribution is 0.311. The predicted molar refractivity (Wildman–Crippen MR) is 64.0 cm³/mol. The van der Waals surface area contributed by atoms with Crippen molar-refractivity contribution in [1.29, 1.82) is 0 Å². The molecule has 0 aromatic heterocycles. The van der Waals surface area contributed by atoms with Gasteiger partial charge in [0, 0.05) is 32.7 Å². The first kappa shape index (κ1) is 11.4. The van der Waals surface area contributed by atoms with Gasteiger partial charge in [-0.3, -0.25) is 0 Å². The Balaban J connectivity index is 2.25. The highest BCUT2D eigenvalue weighted by atomic mass is 19.1. The third kappa shape index (κ3) is 2.18. The van der Waals surface area contributed by atoms with Gasteiger partial charge in [-0.15, -0.1) is 0 Å². The maximum absolute atomic E-state index is 13.8. The number of nitrogens with two attached hydrogens (primary N) is 1. The molecule has 16 heavy (non-hydrogen) atoms. The van der Waals surface area contributed by atoms with Crippen molar-refractivity contribution in [2.75, 3.05) is 38.1 Å². The van der Waals surface area contributed by atoms with Gasteiger partial charge in [-0.2, -0.15) is 0 Å². The van der Waals surface area contributed by atoms with Crippen LogP contribution in [0.25, 0.3) is 0 Å². The summed E-state index contributed by atoms with van der Waals surface area (Å²) >= 11 is 0. The van der Waals surface area contributed by atoms with Gasteiger partial charge in [0.15, 0.2) is 0 Å². The van der Waals surface area contributed by atoms with Crippen molar-refractivity contribution in [1.82, 2.24) is 4.90 Å². The summed E-state index contributed by atoms with van der Waals surface area (Å²) in [6, 6.07) is 5.13. The minimum atomic E-state index is -0.160. The third-order valence-electron chi connectivity index (χ3n) is 3.11. The third-order valence-corrected chi connectivity index (χ3v) is 3.11. The number of likely N-dealkylation sites (N-methyl/N-ethyl adjacent to an activating group) is 1. The number of nitrogens with zero attached hydrogens (tertiary/aromatic N) is 2. The first-order valence-corrected chi connectivity index (χ1v) is 5.63. The number of hydrogen-bond donors (Lipinski definition) is 1.